The van der Waals surface area contributed by atoms with E-state index in [9.17, 15) is 4.79 Å². The Bertz CT molecular complexity index is 699. The summed E-state index contributed by atoms with van der Waals surface area (Å²) in [5, 5.41) is 8.91. The Kier molecular flexibility index (Phi) is 2.42. The number of benzene rings is 1. The monoisotopic (exact) mass is 255 g/mol. The van der Waals surface area contributed by atoms with Crippen molar-refractivity contribution in [2.75, 3.05) is 13.6 Å². The lowest BCUT2D eigenvalue weighted by Crippen LogP contribution is -2.26. The van der Waals surface area contributed by atoms with Gasteiger partial charge in [0, 0.05) is 14.1 Å². The summed E-state index contributed by atoms with van der Waals surface area (Å²) in [4.78, 5) is 18.9. The molecule has 0 spiro atoms. The number of amides is 2. The molecule has 96 valence electrons. The largest absolute Gasteiger partial charge is 0.334 e. The van der Waals surface area contributed by atoms with Crippen LogP contribution in [0.1, 0.15) is 11.6 Å². The van der Waals surface area contributed by atoms with Crippen molar-refractivity contribution in [3.63, 3.8) is 0 Å². The zero-order valence-corrected chi connectivity index (χ0v) is 10.7. The second kappa shape index (κ2) is 3.99. The third-order valence-electron chi connectivity index (χ3n) is 3.61. The molecule has 0 N–H and O–H groups in total. The SMILES string of the molecule is CN1C(=O)N(C#N)CC1c1ccc2c(c1)ncn2C. The van der Waals surface area contributed by atoms with Gasteiger partial charge < -0.3 is 9.47 Å². The average molecular weight is 255 g/mol. The topological polar surface area (TPSA) is 65.2 Å². The van der Waals surface area contributed by atoms with Gasteiger partial charge in [-0.15, -0.1) is 0 Å². The lowest BCUT2D eigenvalue weighted by atomic mass is 10.1. The van der Waals surface area contributed by atoms with Crippen LogP contribution in [0.15, 0.2) is 24.5 Å². The van der Waals surface area contributed by atoms with Crippen molar-refractivity contribution in [2.24, 2.45) is 7.05 Å². The van der Waals surface area contributed by atoms with Gasteiger partial charge in [-0.05, 0) is 17.7 Å². The third kappa shape index (κ3) is 1.63. The van der Waals surface area contributed by atoms with Crippen molar-refractivity contribution in [1.82, 2.24) is 19.4 Å². The van der Waals surface area contributed by atoms with Crippen molar-refractivity contribution >= 4 is 17.1 Å². The van der Waals surface area contributed by atoms with Crippen molar-refractivity contribution in [3.05, 3.63) is 30.1 Å². The molecule has 0 radical (unpaired) electrons. The van der Waals surface area contributed by atoms with E-state index in [4.69, 9.17) is 5.26 Å². The Balaban J connectivity index is 2.01. The highest BCUT2D eigenvalue weighted by Crippen LogP contribution is 2.29. The van der Waals surface area contributed by atoms with Crippen molar-refractivity contribution in [1.29, 1.82) is 5.26 Å². The molecule has 0 aliphatic carbocycles. The number of carbonyl (C=O) groups is 1. The number of likely N-dealkylation sites (N-methyl/N-ethyl adjacent to an activating group) is 1. The predicted molar refractivity (Wildman–Crippen MR) is 68.9 cm³/mol. The molecular weight excluding hydrogens is 242 g/mol. The second-order valence-electron chi connectivity index (χ2n) is 4.72. The molecule has 1 fully saturated rings. The molecule has 1 unspecified atom stereocenters. The van der Waals surface area contributed by atoms with E-state index < -0.39 is 0 Å². The number of nitrogens with zero attached hydrogens (tertiary/aromatic N) is 5. The minimum absolute atomic E-state index is 0.0986. The number of aromatic nitrogens is 2. The van der Waals surface area contributed by atoms with E-state index in [1.165, 1.54) is 4.90 Å². The minimum Gasteiger partial charge on any atom is -0.334 e. The van der Waals surface area contributed by atoms with Gasteiger partial charge in [-0.2, -0.15) is 5.26 Å². The molecule has 1 aliphatic heterocycles. The Labute approximate surface area is 110 Å². The lowest BCUT2D eigenvalue weighted by Gasteiger charge is -2.17. The van der Waals surface area contributed by atoms with Crippen LogP contribution < -0.4 is 0 Å². The minimum atomic E-state index is -0.256. The number of rotatable bonds is 1. The molecule has 0 saturated carbocycles. The third-order valence-corrected chi connectivity index (χ3v) is 3.61. The molecule has 19 heavy (non-hydrogen) atoms. The average Bonchev–Trinajstić information content (AvgIpc) is 2.92. The fourth-order valence-electron chi connectivity index (χ4n) is 2.47. The summed E-state index contributed by atoms with van der Waals surface area (Å²) in [5.74, 6) is 0. The van der Waals surface area contributed by atoms with E-state index in [2.05, 4.69) is 4.98 Å². The van der Waals surface area contributed by atoms with Crippen molar-refractivity contribution < 1.29 is 4.79 Å². The van der Waals surface area contributed by atoms with E-state index >= 15 is 0 Å². The zero-order valence-electron chi connectivity index (χ0n) is 10.7. The molecule has 1 aliphatic rings. The van der Waals surface area contributed by atoms with Gasteiger partial charge >= 0.3 is 6.03 Å². The molecule has 6 heteroatoms. The summed E-state index contributed by atoms with van der Waals surface area (Å²) in [6, 6.07) is 5.60. The standard InChI is InChI=1S/C13H13N5O/c1-16-8-15-10-5-9(3-4-11(10)16)12-6-18(7-14)13(19)17(12)2/h3-5,8,12H,6H2,1-2H3. The van der Waals surface area contributed by atoms with Crippen molar-refractivity contribution in [2.45, 2.75) is 6.04 Å². The smallest absolute Gasteiger partial charge is 0.333 e. The lowest BCUT2D eigenvalue weighted by molar-refractivity contribution is 0.205. The molecule has 1 aromatic heterocycles. The van der Waals surface area contributed by atoms with Crippen LogP contribution in [-0.2, 0) is 7.05 Å². The maximum Gasteiger partial charge on any atom is 0.333 e. The van der Waals surface area contributed by atoms with Crippen LogP contribution in [0.4, 0.5) is 4.79 Å². The van der Waals surface area contributed by atoms with Crippen LogP contribution in [0.2, 0.25) is 0 Å². The molecule has 3 rings (SSSR count). The maximum absolute atomic E-state index is 11.8. The highest BCUT2D eigenvalue weighted by Gasteiger charge is 2.35. The summed E-state index contributed by atoms with van der Waals surface area (Å²) in [5.41, 5.74) is 2.95. The highest BCUT2D eigenvalue weighted by molar-refractivity contribution is 5.80. The Morgan fingerprint density at radius 1 is 1.42 bits per heavy atom. The van der Waals surface area contributed by atoms with Crippen LogP contribution in [0.5, 0.6) is 0 Å². The number of aryl methyl sites for hydroxylation is 1. The number of carbonyl (C=O) groups excluding carboxylic acids is 1. The van der Waals surface area contributed by atoms with E-state index in [1.54, 1.807) is 18.3 Å². The zero-order chi connectivity index (χ0) is 13.6. The van der Waals surface area contributed by atoms with Crippen LogP contribution in [0.3, 0.4) is 0 Å². The first-order valence-corrected chi connectivity index (χ1v) is 5.97. The first kappa shape index (κ1) is 11.5. The van der Waals surface area contributed by atoms with Gasteiger partial charge in [-0.3, -0.25) is 0 Å². The fraction of sp³-hybridized carbons (Fsp3) is 0.308. The van der Waals surface area contributed by atoms with Crippen LogP contribution >= 0.6 is 0 Å². The number of nitriles is 1. The number of fused-ring (bicyclic) bond motifs is 1. The van der Waals surface area contributed by atoms with E-state index in [0.29, 0.717) is 6.54 Å². The summed E-state index contributed by atoms with van der Waals surface area (Å²) >= 11 is 0. The molecular formula is C13H13N5O. The predicted octanol–water partition coefficient (Wildman–Crippen LogP) is 1.46. The molecule has 6 nitrogen and oxygen atoms in total. The first-order chi connectivity index (χ1) is 9.11. The molecule has 2 heterocycles. The normalized spacial score (nSPS) is 19.2. The maximum atomic E-state index is 11.8. The van der Waals surface area contributed by atoms with Gasteiger partial charge in [0.05, 0.1) is 29.9 Å². The molecule has 1 atom stereocenters. The first-order valence-electron chi connectivity index (χ1n) is 5.97. The van der Waals surface area contributed by atoms with Crippen LogP contribution in [0, 0.1) is 11.5 Å². The van der Waals surface area contributed by atoms with Gasteiger partial charge in [0.2, 0.25) is 0 Å². The van der Waals surface area contributed by atoms with E-state index in [-0.39, 0.29) is 12.1 Å². The summed E-state index contributed by atoms with van der Waals surface area (Å²) < 4.78 is 1.95. The van der Waals surface area contributed by atoms with Gasteiger partial charge in [-0.25, -0.2) is 14.7 Å². The second-order valence-corrected chi connectivity index (χ2v) is 4.72. The summed E-state index contributed by atoms with van der Waals surface area (Å²) in [6.45, 7) is 0.393. The molecule has 2 amide bonds. The fourth-order valence-corrected chi connectivity index (χ4v) is 2.47. The Hall–Kier alpha value is -2.55. The molecule has 1 aromatic carbocycles. The number of hydrogen-bond donors (Lipinski definition) is 0. The van der Waals surface area contributed by atoms with Crippen LogP contribution in [-0.4, -0.2) is 39.0 Å². The quantitative estimate of drug-likeness (QED) is 0.725. The molecule has 1 saturated heterocycles. The van der Waals surface area contributed by atoms with Gasteiger partial charge in [-0.1, -0.05) is 6.07 Å². The molecule has 2 aromatic rings. The van der Waals surface area contributed by atoms with Crippen molar-refractivity contribution in [3.8, 4) is 6.19 Å². The number of hydrogen-bond acceptors (Lipinski definition) is 3. The number of urea groups is 1. The Morgan fingerprint density at radius 2 is 2.21 bits per heavy atom. The highest BCUT2D eigenvalue weighted by atomic mass is 16.2. The van der Waals surface area contributed by atoms with E-state index in [0.717, 1.165) is 16.6 Å². The molecule has 0 bridgehead atoms. The van der Waals surface area contributed by atoms with Gasteiger partial charge in [0.1, 0.15) is 0 Å². The summed E-state index contributed by atoms with van der Waals surface area (Å²) in [7, 11) is 3.66. The Morgan fingerprint density at radius 3 is 2.89 bits per heavy atom. The van der Waals surface area contributed by atoms with Gasteiger partial charge in [0.25, 0.3) is 0 Å². The van der Waals surface area contributed by atoms with Gasteiger partial charge in [0.15, 0.2) is 6.19 Å². The summed E-state index contributed by atoms with van der Waals surface area (Å²) in [6.07, 6.45) is 3.67. The number of imidazole rings is 1. The van der Waals surface area contributed by atoms with Crippen LogP contribution in [0.25, 0.3) is 11.0 Å². The van der Waals surface area contributed by atoms with E-state index in [1.807, 2.05) is 36.0 Å².